The maximum Gasteiger partial charge on any atom is 0.325 e. The molecule has 10 heteroatoms. The topological polar surface area (TPSA) is 131 Å². The first-order valence-electron chi connectivity index (χ1n) is 9.84. The number of anilines is 2. The summed E-state index contributed by atoms with van der Waals surface area (Å²) in [5, 5.41) is 11.7. The third-order valence-corrected chi connectivity index (χ3v) is 4.61. The number of hydrogen-bond donors (Lipinski definition) is 3. The fourth-order valence-electron chi connectivity index (χ4n) is 2.73. The number of aryl methyl sites for hydroxylation is 1. The summed E-state index contributed by atoms with van der Waals surface area (Å²) in [6, 6.07) is 8.33. The second-order valence-corrected chi connectivity index (χ2v) is 7.01. The minimum Gasteiger partial charge on any atom is -0.468 e. The molecule has 2 aromatic rings. The first kappa shape index (κ1) is 23.6. The molecule has 166 valence electrons. The van der Waals surface area contributed by atoms with Crippen LogP contribution in [0, 0.1) is 6.92 Å². The maximum absolute atomic E-state index is 12.2. The van der Waals surface area contributed by atoms with Gasteiger partial charge in [0.2, 0.25) is 5.91 Å². The molecule has 1 aromatic carbocycles. The Balaban J connectivity index is 1.88. The Bertz CT molecular complexity index is 952. The van der Waals surface area contributed by atoms with Crippen molar-refractivity contribution in [1.29, 1.82) is 0 Å². The Morgan fingerprint density at radius 2 is 1.74 bits per heavy atom. The van der Waals surface area contributed by atoms with Gasteiger partial charge in [-0.2, -0.15) is 5.10 Å². The zero-order valence-corrected chi connectivity index (χ0v) is 18.0. The fraction of sp³-hybridized carbons (Fsp3) is 0.381. The van der Waals surface area contributed by atoms with Gasteiger partial charge in [-0.1, -0.05) is 19.1 Å². The lowest BCUT2D eigenvalue weighted by molar-refractivity contribution is -0.141. The minimum atomic E-state index is -0.834. The third-order valence-electron chi connectivity index (χ3n) is 4.61. The van der Waals surface area contributed by atoms with Crippen LogP contribution >= 0.6 is 0 Å². The Morgan fingerprint density at radius 1 is 1.10 bits per heavy atom. The van der Waals surface area contributed by atoms with Gasteiger partial charge < -0.3 is 20.7 Å². The summed E-state index contributed by atoms with van der Waals surface area (Å²) in [5.74, 6) is -2.23. The first-order chi connectivity index (χ1) is 14.7. The summed E-state index contributed by atoms with van der Waals surface area (Å²) in [6.45, 7) is 5.74. The molecule has 1 aromatic heterocycles. The Kier molecular flexibility index (Phi) is 8.30. The summed E-state index contributed by atoms with van der Waals surface area (Å²) in [6.07, 6.45) is 0.948. The zero-order valence-electron chi connectivity index (χ0n) is 18.0. The van der Waals surface area contributed by atoms with Crippen molar-refractivity contribution >= 4 is 35.2 Å². The van der Waals surface area contributed by atoms with Gasteiger partial charge in [0.25, 0.3) is 0 Å². The van der Waals surface area contributed by atoms with Crippen LogP contribution in [0.3, 0.4) is 0 Å². The van der Waals surface area contributed by atoms with Crippen LogP contribution < -0.4 is 16.0 Å². The highest BCUT2D eigenvalue weighted by Gasteiger charge is 2.17. The number of carbonyl (C=O) groups is 4. The monoisotopic (exact) mass is 429 g/mol. The second-order valence-electron chi connectivity index (χ2n) is 7.01. The molecule has 10 nitrogen and oxygen atoms in total. The molecule has 0 unspecified atom stereocenters. The van der Waals surface area contributed by atoms with Crippen molar-refractivity contribution in [2.24, 2.45) is 0 Å². The van der Waals surface area contributed by atoms with Crippen LogP contribution in [0.5, 0.6) is 0 Å². The molecule has 0 bridgehead atoms. The van der Waals surface area contributed by atoms with Gasteiger partial charge >= 0.3 is 17.8 Å². The van der Waals surface area contributed by atoms with Gasteiger partial charge in [0.1, 0.15) is 6.54 Å². The van der Waals surface area contributed by atoms with E-state index in [-0.39, 0.29) is 24.9 Å². The predicted molar refractivity (Wildman–Crippen MR) is 114 cm³/mol. The van der Waals surface area contributed by atoms with E-state index >= 15 is 0 Å². The van der Waals surface area contributed by atoms with Crippen LogP contribution in [0.4, 0.5) is 11.5 Å². The Labute approximate surface area is 180 Å². The summed E-state index contributed by atoms with van der Waals surface area (Å²) in [7, 11) is 1.24. The Hall–Kier alpha value is -3.69. The molecule has 2 rings (SSSR count). The molecule has 0 aliphatic rings. The number of amides is 3. The van der Waals surface area contributed by atoms with Gasteiger partial charge in [0.05, 0.1) is 13.5 Å². The molecule has 31 heavy (non-hydrogen) atoms. The zero-order chi connectivity index (χ0) is 23.0. The number of aromatic nitrogens is 2. The van der Waals surface area contributed by atoms with E-state index in [1.807, 2.05) is 20.8 Å². The van der Waals surface area contributed by atoms with Gasteiger partial charge in [-0.05, 0) is 38.0 Å². The summed E-state index contributed by atoms with van der Waals surface area (Å²) < 4.78 is 6.25. The molecule has 3 N–H and O–H groups in total. The average Bonchev–Trinajstić information content (AvgIpc) is 3.12. The van der Waals surface area contributed by atoms with Crippen molar-refractivity contribution in [1.82, 2.24) is 15.1 Å². The molecule has 3 amide bonds. The number of rotatable bonds is 8. The highest BCUT2D eigenvalue weighted by atomic mass is 16.5. The van der Waals surface area contributed by atoms with E-state index < -0.39 is 17.8 Å². The van der Waals surface area contributed by atoms with Crippen molar-refractivity contribution in [3.8, 4) is 0 Å². The molecule has 0 fully saturated rings. The third kappa shape index (κ3) is 6.95. The molecule has 0 aliphatic carbocycles. The molecule has 0 saturated heterocycles. The average molecular weight is 429 g/mol. The number of ether oxygens (including phenoxy) is 1. The van der Waals surface area contributed by atoms with Crippen LogP contribution in [-0.2, 0) is 30.3 Å². The standard InChI is InChI=1S/C21H27N5O5/c1-5-13(2)26-14(3)10-17(25-26)24-21(30)20(29)23-16-8-6-15(7-9-16)11-18(27)22-12-19(28)31-4/h6-10,13H,5,11-12H2,1-4H3,(H,22,27)(H,23,29)(H,24,25,30)/t13-/m0/s1. The van der Waals surface area contributed by atoms with Crippen LogP contribution in [0.15, 0.2) is 30.3 Å². The molecule has 0 spiro atoms. The normalized spacial score (nSPS) is 11.4. The van der Waals surface area contributed by atoms with Crippen molar-refractivity contribution in [3.63, 3.8) is 0 Å². The molecule has 0 saturated carbocycles. The van der Waals surface area contributed by atoms with Crippen molar-refractivity contribution in [2.75, 3.05) is 24.3 Å². The maximum atomic E-state index is 12.2. The smallest absolute Gasteiger partial charge is 0.325 e. The molecular formula is C21H27N5O5. The van der Waals surface area contributed by atoms with Crippen molar-refractivity contribution < 1.29 is 23.9 Å². The van der Waals surface area contributed by atoms with E-state index in [9.17, 15) is 19.2 Å². The molecular weight excluding hydrogens is 402 g/mol. The number of hydrogen-bond acceptors (Lipinski definition) is 6. The number of methoxy groups -OCH3 is 1. The largest absolute Gasteiger partial charge is 0.468 e. The lowest BCUT2D eigenvalue weighted by atomic mass is 10.1. The number of benzene rings is 1. The van der Waals surface area contributed by atoms with Gasteiger partial charge in [0, 0.05) is 23.5 Å². The number of nitrogens with zero attached hydrogens (tertiary/aromatic N) is 2. The predicted octanol–water partition coefficient (Wildman–Crippen LogP) is 1.57. The number of nitrogens with one attached hydrogen (secondary N) is 3. The molecule has 0 aliphatic heterocycles. The summed E-state index contributed by atoms with van der Waals surface area (Å²) in [4.78, 5) is 47.2. The SMILES string of the molecule is CC[C@H](C)n1nc(NC(=O)C(=O)Nc2ccc(CC(=O)NCC(=O)OC)cc2)cc1C. The van der Waals surface area contributed by atoms with Crippen LogP contribution in [0.1, 0.15) is 37.6 Å². The quantitative estimate of drug-likeness (QED) is 0.431. The lowest BCUT2D eigenvalue weighted by Crippen LogP contribution is -2.31. The Morgan fingerprint density at radius 3 is 2.35 bits per heavy atom. The van der Waals surface area contributed by atoms with E-state index in [1.54, 1.807) is 35.0 Å². The van der Waals surface area contributed by atoms with E-state index in [0.717, 1.165) is 12.1 Å². The summed E-state index contributed by atoms with van der Waals surface area (Å²) in [5.41, 5.74) is 1.97. The minimum absolute atomic E-state index is 0.0594. The van der Waals surface area contributed by atoms with Crippen molar-refractivity contribution in [3.05, 3.63) is 41.6 Å². The second kappa shape index (κ2) is 10.9. The number of esters is 1. The van der Waals surface area contributed by atoms with Crippen LogP contribution in [-0.4, -0.2) is 47.1 Å². The van der Waals surface area contributed by atoms with Crippen molar-refractivity contribution in [2.45, 2.75) is 39.7 Å². The highest BCUT2D eigenvalue weighted by molar-refractivity contribution is 6.43. The van der Waals surface area contributed by atoms with E-state index in [2.05, 4.69) is 25.8 Å². The number of carbonyl (C=O) groups excluding carboxylic acids is 4. The summed E-state index contributed by atoms with van der Waals surface area (Å²) >= 11 is 0. The van der Waals surface area contributed by atoms with E-state index in [0.29, 0.717) is 17.1 Å². The molecule has 0 radical (unpaired) electrons. The molecule has 1 atom stereocenters. The van der Waals surface area contributed by atoms with Gasteiger partial charge in [-0.25, -0.2) is 0 Å². The van der Waals surface area contributed by atoms with E-state index in [4.69, 9.17) is 0 Å². The van der Waals surface area contributed by atoms with Gasteiger partial charge in [-0.3, -0.25) is 23.9 Å². The highest BCUT2D eigenvalue weighted by Crippen LogP contribution is 2.16. The van der Waals surface area contributed by atoms with Crippen LogP contribution in [0.2, 0.25) is 0 Å². The first-order valence-corrected chi connectivity index (χ1v) is 9.84. The lowest BCUT2D eigenvalue weighted by Gasteiger charge is -2.10. The fourth-order valence-corrected chi connectivity index (χ4v) is 2.73. The van der Waals surface area contributed by atoms with Gasteiger partial charge in [0.15, 0.2) is 5.82 Å². The van der Waals surface area contributed by atoms with E-state index in [1.165, 1.54) is 7.11 Å². The van der Waals surface area contributed by atoms with Crippen LogP contribution in [0.25, 0.3) is 0 Å². The van der Waals surface area contributed by atoms with Gasteiger partial charge in [-0.15, -0.1) is 0 Å². The molecule has 1 heterocycles.